The highest BCUT2D eigenvalue weighted by Crippen LogP contribution is 2.17. The Labute approximate surface area is 222 Å². The van der Waals surface area contributed by atoms with Crippen molar-refractivity contribution in [2.45, 2.75) is 12.2 Å². The maximum absolute atomic E-state index is 10.4. The van der Waals surface area contributed by atoms with Gasteiger partial charge in [-0.1, -0.05) is 71.9 Å². The Morgan fingerprint density at radius 2 is 0.842 bits per heavy atom. The van der Waals surface area contributed by atoms with Crippen molar-refractivity contribution in [3.05, 3.63) is 130 Å². The van der Waals surface area contributed by atoms with Crippen LogP contribution in [0.4, 0.5) is 0 Å². The number of benzene rings is 4. The average Bonchev–Trinajstić information content (AvgIpc) is 2.96. The van der Waals surface area contributed by atoms with E-state index in [2.05, 4.69) is 35.5 Å². The SMILES string of the molecule is OC1COc2cccc(c2)C#Cc2ccccc2C#Cc2ccccc2C#Cc2cccc(c2)OC[C@H]1O. The summed E-state index contributed by atoms with van der Waals surface area (Å²) >= 11 is 0. The van der Waals surface area contributed by atoms with Crippen LogP contribution in [0.2, 0.25) is 0 Å². The lowest BCUT2D eigenvalue weighted by molar-refractivity contribution is -0.0288. The summed E-state index contributed by atoms with van der Waals surface area (Å²) in [6.07, 6.45) is -2.26. The molecule has 0 fully saturated rings. The summed E-state index contributed by atoms with van der Waals surface area (Å²) in [6.45, 7) is -0.185. The minimum atomic E-state index is -1.13. The lowest BCUT2D eigenvalue weighted by Gasteiger charge is -2.19. The van der Waals surface area contributed by atoms with E-state index in [0.29, 0.717) is 11.5 Å². The molecule has 0 aliphatic carbocycles. The number of aliphatic hydroxyl groups is 2. The summed E-state index contributed by atoms with van der Waals surface area (Å²) < 4.78 is 11.4. The third-order valence-electron chi connectivity index (χ3n) is 5.82. The van der Waals surface area contributed by atoms with E-state index in [9.17, 15) is 10.2 Å². The van der Waals surface area contributed by atoms with Gasteiger partial charge in [0.2, 0.25) is 0 Å². The van der Waals surface area contributed by atoms with Gasteiger partial charge in [0.25, 0.3) is 0 Å². The smallest absolute Gasteiger partial charge is 0.120 e. The molecular weight excluding hydrogens is 472 g/mol. The Hall–Kier alpha value is -4.92. The van der Waals surface area contributed by atoms with Crippen LogP contribution in [0.5, 0.6) is 11.5 Å². The van der Waals surface area contributed by atoms with Gasteiger partial charge < -0.3 is 19.7 Å². The molecule has 0 saturated heterocycles. The predicted octanol–water partition coefficient (Wildman–Crippen LogP) is 4.38. The predicted molar refractivity (Wildman–Crippen MR) is 147 cm³/mol. The lowest BCUT2D eigenvalue weighted by Crippen LogP contribution is -2.36. The molecule has 0 aromatic heterocycles. The molecule has 4 aromatic carbocycles. The molecular formula is C34H24O4. The second-order valence-electron chi connectivity index (χ2n) is 8.65. The van der Waals surface area contributed by atoms with Crippen LogP contribution in [-0.4, -0.2) is 35.6 Å². The van der Waals surface area contributed by atoms with E-state index in [1.54, 1.807) is 24.3 Å². The second-order valence-corrected chi connectivity index (χ2v) is 8.65. The Bertz CT molecular complexity index is 1510. The number of fused-ring (bicyclic) bond motifs is 6. The van der Waals surface area contributed by atoms with Gasteiger partial charge in [-0.25, -0.2) is 0 Å². The molecule has 4 aromatic rings. The molecule has 4 heteroatoms. The summed E-state index contributed by atoms with van der Waals surface area (Å²) in [5.41, 5.74) is 4.77. The maximum atomic E-state index is 10.4. The van der Waals surface area contributed by atoms with Crippen molar-refractivity contribution < 1.29 is 19.7 Å². The number of ether oxygens (including phenoxy) is 2. The van der Waals surface area contributed by atoms with E-state index >= 15 is 0 Å². The molecule has 1 heterocycles. The van der Waals surface area contributed by atoms with Gasteiger partial charge in [-0.2, -0.15) is 0 Å². The molecule has 1 aliphatic heterocycles. The van der Waals surface area contributed by atoms with Crippen LogP contribution in [-0.2, 0) is 0 Å². The Balaban J connectivity index is 1.56. The normalized spacial score (nSPS) is 16.4. The average molecular weight is 497 g/mol. The van der Waals surface area contributed by atoms with Gasteiger partial charge in [0.05, 0.1) is 0 Å². The highest BCUT2D eigenvalue weighted by molar-refractivity contribution is 5.58. The molecule has 0 amide bonds. The molecule has 0 radical (unpaired) electrons. The summed E-state index contributed by atoms with van der Waals surface area (Å²) in [5, 5.41) is 20.8. The summed E-state index contributed by atoms with van der Waals surface area (Å²) in [7, 11) is 0. The molecule has 0 saturated carbocycles. The van der Waals surface area contributed by atoms with Gasteiger partial charge in [-0.05, 0) is 60.7 Å². The largest absolute Gasteiger partial charge is 0.491 e. The van der Waals surface area contributed by atoms with Gasteiger partial charge >= 0.3 is 0 Å². The zero-order chi connectivity index (χ0) is 26.2. The van der Waals surface area contributed by atoms with Crippen LogP contribution in [0.3, 0.4) is 0 Å². The van der Waals surface area contributed by atoms with Gasteiger partial charge in [-0.3, -0.25) is 0 Å². The van der Waals surface area contributed by atoms with Gasteiger partial charge in [0.15, 0.2) is 0 Å². The van der Waals surface area contributed by atoms with Crippen molar-refractivity contribution in [3.8, 4) is 47.0 Å². The van der Waals surface area contributed by atoms with E-state index in [4.69, 9.17) is 9.47 Å². The fraction of sp³-hybridized carbons (Fsp3) is 0.118. The molecule has 184 valence electrons. The number of rotatable bonds is 0. The molecule has 4 nitrogen and oxygen atoms in total. The summed E-state index contributed by atoms with van der Waals surface area (Å²) in [4.78, 5) is 0. The van der Waals surface area contributed by atoms with E-state index < -0.39 is 12.2 Å². The van der Waals surface area contributed by atoms with Crippen molar-refractivity contribution in [1.82, 2.24) is 0 Å². The molecule has 1 unspecified atom stereocenters. The van der Waals surface area contributed by atoms with Crippen LogP contribution in [0, 0.1) is 35.5 Å². The first-order valence-corrected chi connectivity index (χ1v) is 12.2. The molecule has 2 atom stereocenters. The first-order valence-electron chi connectivity index (χ1n) is 12.2. The zero-order valence-electron chi connectivity index (χ0n) is 20.5. The monoisotopic (exact) mass is 496 g/mol. The van der Waals surface area contributed by atoms with E-state index in [-0.39, 0.29) is 13.2 Å². The summed E-state index contributed by atoms with van der Waals surface area (Å²) in [5.74, 6) is 20.4. The highest BCUT2D eigenvalue weighted by atomic mass is 16.5. The summed E-state index contributed by atoms with van der Waals surface area (Å²) in [6, 6.07) is 30.1. The quantitative estimate of drug-likeness (QED) is 0.355. The van der Waals surface area contributed by atoms with Gasteiger partial charge in [-0.15, -0.1) is 0 Å². The van der Waals surface area contributed by atoms with Crippen LogP contribution >= 0.6 is 0 Å². The van der Waals surface area contributed by atoms with E-state index in [0.717, 1.165) is 33.4 Å². The third kappa shape index (κ3) is 6.44. The van der Waals surface area contributed by atoms with Crippen LogP contribution in [0.1, 0.15) is 33.4 Å². The van der Waals surface area contributed by atoms with Crippen molar-refractivity contribution >= 4 is 0 Å². The molecule has 1 aliphatic rings. The molecule has 2 N–H and O–H groups in total. The molecule has 4 bridgehead atoms. The Morgan fingerprint density at radius 3 is 1.24 bits per heavy atom. The van der Waals surface area contributed by atoms with Crippen molar-refractivity contribution in [1.29, 1.82) is 0 Å². The Kier molecular flexibility index (Phi) is 7.74. The number of hydrogen-bond acceptors (Lipinski definition) is 4. The van der Waals surface area contributed by atoms with Crippen molar-refractivity contribution in [2.75, 3.05) is 13.2 Å². The molecule has 38 heavy (non-hydrogen) atoms. The van der Waals surface area contributed by atoms with Gasteiger partial charge in [0, 0.05) is 33.4 Å². The van der Waals surface area contributed by atoms with Crippen molar-refractivity contribution in [2.24, 2.45) is 0 Å². The minimum Gasteiger partial charge on any atom is -0.491 e. The van der Waals surface area contributed by atoms with Crippen LogP contribution in [0.25, 0.3) is 0 Å². The maximum Gasteiger partial charge on any atom is 0.120 e. The number of aliphatic hydroxyl groups excluding tert-OH is 2. The zero-order valence-corrected chi connectivity index (χ0v) is 20.5. The third-order valence-corrected chi connectivity index (χ3v) is 5.82. The van der Waals surface area contributed by atoms with Gasteiger partial charge in [0.1, 0.15) is 36.9 Å². The minimum absolute atomic E-state index is 0.0925. The van der Waals surface area contributed by atoms with E-state index in [1.165, 1.54) is 0 Å². The molecule has 0 spiro atoms. The second kappa shape index (κ2) is 11.9. The lowest BCUT2D eigenvalue weighted by atomic mass is 10.0. The first-order chi connectivity index (χ1) is 18.6. The van der Waals surface area contributed by atoms with Crippen LogP contribution < -0.4 is 9.47 Å². The van der Waals surface area contributed by atoms with Crippen molar-refractivity contribution in [3.63, 3.8) is 0 Å². The highest BCUT2D eigenvalue weighted by Gasteiger charge is 2.18. The first kappa shape index (κ1) is 24.8. The standard InChI is InChI=1S/C34H24O4/c35-33-23-37-31-13-5-7-25(21-31)15-17-27-9-1-3-11-29(27)19-20-30-12-4-2-10-28(30)18-16-26-8-6-14-32(22-26)38-24-34(33)36/h1-14,21-22,33-36H,23-24H2/t33-,34?/m1/s1. The topological polar surface area (TPSA) is 58.9 Å². The van der Waals surface area contributed by atoms with Crippen LogP contribution in [0.15, 0.2) is 97.1 Å². The molecule has 5 rings (SSSR count). The fourth-order valence-corrected chi connectivity index (χ4v) is 3.73. The Morgan fingerprint density at radius 1 is 0.474 bits per heavy atom. The van der Waals surface area contributed by atoms with E-state index in [1.807, 2.05) is 72.8 Å². The fourth-order valence-electron chi connectivity index (χ4n) is 3.73. The number of hydrogen-bond donors (Lipinski definition) is 2.